The number of hydrogen-bond acceptors (Lipinski definition) is 7. The summed E-state index contributed by atoms with van der Waals surface area (Å²) in [4.78, 5) is 39.8. The summed E-state index contributed by atoms with van der Waals surface area (Å²) in [6, 6.07) is 4.79. The Morgan fingerprint density at radius 2 is 2.22 bits per heavy atom. The van der Waals surface area contributed by atoms with Gasteiger partial charge in [-0.25, -0.2) is 9.78 Å². The van der Waals surface area contributed by atoms with Crippen molar-refractivity contribution in [3.05, 3.63) is 49.8 Å². The second kappa shape index (κ2) is 6.29. The number of thioether (sulfide) groups is 1. The molecule has 0 fully saturated rings. The third kappa shape index (κ3) is 3.04. The number of benzene rings is 1. The summed E-state index contributed by atoms with van der Waals surface area (Å²) >= 11 is 1.10. The molecule has 116 valence electrons. The number of carboxylic acid groups (broad SMARTS) is 1. The molecule has 0 radical (unpaired) electrons. The number of carbonyl (C=O) groups is 1. The predicted molar refractivity (Wildman–Crippen MR) is 80.4 cm³/mol. The molecule has 0 aliphatic rings. The van der Waals surface area contributed by atoms with Gasteiger partial charge in [-0.1, -0.05) is 11.8 Å². The van der Waals surface area contributed by atoms with E-state index in [2.05, 4.69) is 9.97 Å². The molecule has 0 bridgehead atoms. The third-order valence-electron chi connectivity index (χ3n) is 2.90. The second-order valence-corrected chi connectivity index (χ2v) is 5.00. The first-order chi connectivity index (χ1) is 10.9. The molecule has 1 aromatic heterocycles. The number of rotatable bonds is 4. The van der Waals surface area contributed by atoms with Crippen LogP contribution in [0.5, 0.6) is 0 Å². The lowest BCUT2D eigenvalue weighted by Crippen LogP contribution is -2.15. The van der Waals surface area contributed by atoms with Crippen LogP contribution in [0.25, 0.3) is 11.3 Å². The zero-order valence-electron chi connectivity index (χ0n) is 11.6. The van der Waals surface area contributed by atoms with Crippen LogP contribution in [0, 0.1) is 21.4 Å². The molecule has 0 unspecified atom stereocenters. The first kappa shape index (κ1) is 16.2. The Hall–Kier alpha value is -3.19. The highest BCUT2D eigenvalue weighted by molar-refractivity contribution is 7.98. The van der Waals surface area contributed by atoms with Crippen LogP contribution in [0.1, 0.15) is 15.9 Å². The lowest BCUT2D eigenvalue weighted by Gasteiger charge is -2.08. The minimum absolute atomic E-state index is 0.0407. The number of nitro benzene ring substituents is 1. The van der Waals surface area contributed by atoms with Crippen molar-refractivity contribution >= 4 is 23.4 Å². The fraction of sp³-hybridized carbons (Fsp3) is 0.0769. The monoisotopic (exact) mass is 332 g/mol. The van der Waals surface area contributed by atoms with E-state index in [1.54, 1.807) is 12.3 Å². The van der Waals surface area contributed by atoms with Crippen LogP contribution < -0.4 is 5.56 Å². The van der Waals surface area contributed by atoms with Crippen LogP contribution in [0.15, 0.2) is 28.2 Å². The molecule has 2 N–H and O–H groups in total. The zero-order valence-corrected chi connectivity index (χ0v) is 12.4. The average Bonchev–Trinajstić information content (AvgIpc) is 2.53. The summed E-state index contributed by atoms with van der Waals surface area (Å²) < 4.78 is 0. The summed E-state index contributed by atoms with van der Waals surface area (Å²) in [6.45, 7) is 0. The number of hydrogen-bond donors (Lipinski definition) is 2. The highest BCUT2D eigenvalue weighted by atomic mass is 32.2. The van der Waals surface area contributed by atoms with Gasteiger partial charge in [-0.05, 0) is 12.3 Å². The number of aromatic nitrogens is 2. The van der Waals surface area contributed by atoms with Crippen molar-refractivity contribution in [2.24, 2.45) is 0 Å². The Morgan fingerprint density at radius 3 is 2.74 bits per heavy atom. The molecule has 0 amide bonds. The summed E-state index contributed by atoms with van der Waals surface area (Å²) in [6.07, 6.45) is 1.64. The van der Waals surface area contributed by atoms with Crippen molar-refractivity contribution in [1.29, 1.82) is 5.26 Å². The van der Waals surface area contributed by atoms with Crippen molar-refractivity contribution in [3.8, 4) is 17.3 Å². The maximum atomic E-state index is 11.9. The minimum Gasteiger partial charge on any atom is -0.478 e. The second-order valence-electron chi connectivity index (χ2n) is 4.20. The highest BCUT2D eigenvalue weighted by Crippen LogP contribution is 2.28. The molecule has 0 aliphatic carbocycles. The number of aromatic carboxylic acids is 1. The fourth-order valence-electron chi connectivity index (χ4n) is 1.88. The van der Waals surface area contributed by atoms with Gasteiger partial charge in [0.1, 0.15) is 11.6 Å². The predicted octanol–water partition coefficient (Wildman–Crippen LogP) is 1.64. The van der Waals surface area contributed by atoms with E-state index in [4.69, 9.17) is 5.26 Å². The number of carboxylic acids is 1. The smallest absolute Gasteiger partial charge is 0.336 e. The lowest BCUT2D eigenvalue weighted by molar-refractivity contribution is -0.384. The normalized spacial score (nSPS) is 10.1. The van der Waals surface area contributed by atoms with E-state index in [0.717, 1.165) is 30.0 Å². The largest absolute Gasteiger partial charge is 0.478 e. The van der Waals surface area contributed by atoms with Crippen molar-refractivity contribution in [1.82, 2.24) is 9.97 Å². The van der Waals surface area contributed by atoms with Gasteiger partial charge in [0, 0.05) is 17.7 Å². The Balaban J connectivity index is 2.84. The molecule has 10 heteroatoms. The molecule has 23 heavy (non-hydrogen) atoms. The van der Waals surface area contributed by atoms with Crippen LogP contribution in [0.2, 0.25) is 0 Å². The molecular weight excluding hydrogens is 324 g/mol. The minimum atomic E-state index is -1.43. The number of aromatic amines is 1. The van der Waals surface area contributed by atoms with Crippen molar-refractivity contribution in [2.75, 3.05) is 6.26 Å². The van der Waals surface area contributed by atoms with Crippen LogP contribution in [0.4, 0.5) is 5.69 Å². The van der Waals surface area contributed by atoms with E-state index in [9.17, 15) is 24.8 Å². The molecule has 0 aliphatic heterocycles. The molecule has 9 nitrogen and oxygen atoms in total. The average molecular weight is 332 g/mol. The maximum Gasteiger partial charge on any atom is 0.336 e. The first-order valence-electron chi connectivity index (χ1n) is 5.99. The van der Waals surface area contributed by atoms with Crippen molar-refractivity contribution in [2.45, 2.75) is 5.16 Å². The molecule has 0 saturated carbocycles. The first-order valence-corrected chi connectivity index (χ1v) is 7.22. The molecule has 0 saturated heterocycles. The number of nitrogens with one attached hydrogen (secondary N) is 1. The van der Waals surface area contributed by atoms with E-state index in [-0.39, 0.29) is 22.0 Å². The van der Waals surface area contributed by atoms with Crippen molar-refractivity contribution < 1.29 is 14.8 Å². The van der Waals surface area contributed by atoms with E-state index < -0.39 is 27.7 Å². The molecule has 0 atom stereocenters. The van der Waals surface area contributed by atoms with E-state index >= 15 is 0 Å². The van der Waals surface area contributed by atoms with Gasteiger partial charge in [-0.3, -0.25) is 14.9 Å². The summed E-state index contributed by atoms with van der Waals surface area (Å²) in [5.41, 5.74) is -2.08. The number of nitriles is 1. The quantitative estimate of drug-likeness (QED) is 0.371. The van der Waals surface area contributed by atoms with Crippen LogP contribution in [0.3, 0.4) is 0 Å². The van der Waals surface area contributed by atoms with Gasteiger partial charge >= 0.3 is 5.97 Å². The molecule has 1 heterocycles. The van der Waals surface area contributed by atoms with E-state index in [1.807, 2.05) is 0 Å². The van der Waals surface area contributed by atoms with Gasteiger partial charge in [-0.2, -0.15) is 5.26 Å². The van der Waals surface area contributed by atoms with Gasteiger partial charge in [0.15, 0.2) is 5.16 Å². The van der Waals surface area contributed by atoms with Gasteiger partial charge < -0.3 is 10.1 Å². The molecule has 0 spiro atoms. The number of nitro groups is 1. The Kier molecular flexibility index (Phi) is 4.42. The number of H-pyrrole nitrogens is 1. The summed E-state index contributed by atoms with van der Waals surface area (Å²) in [7, 11) is 0. The Labute approximate surface area is 132 Å². The third-order valence-corrected chi connectivity index (χ3v) is 3.48. The van der Waals surface area contributed by atoms with E-state index in [0.29, 0.717) is 0 Å². The van der Waals surface area contributed by atoms with Gasteiger partial charge in [0.2, 0.25) is 0 Å². The summed E-state index contributed by atoms with van der Waals surface area (Å²) in [5.74, 6) is -1.43. The summed E-state index contributed by atoms with van der Waals surface area (Å²) in [5, 5.41) is 29.4. The van der Waals surface area contributed by atoms with E-state index in [1.165, 1.54) is 0 Å². The Morgan fingerprint density at radius 1 is 1.52 bits per heavy atom. The van der Waals surface area contributed by atoms with Crippen LogP contribution >= 0.6 is 11.8 Å². The SMILES string of the molecule is CSc1nc(-c2ccc([N+](=O)[O-])cc2C(=O)O)c(C#N)c(=O)[nH]1. The fourth-order valence-corrected chi connectivity index (χ4v) is 2.25. The topological polar surface area (TPSA) is 150 Å². The zero-order chi connectivity index (χ0) is 17.1. The van der Waals surface area contributed by atoms with Crippen LogP contribution in [-0.2, 0) is 0 Å². The Bertz CT molecular complexity index is 916. The number of nitrogens with zero attached hydrogens (tertiary/aromatic N) is 3. The molecular formula is C13H8N4O5S. The standard InChI is InChI=1S/C13H8N4O5S/c1-23-13-15-10(9(5-14)11(18)16-13)7-3-2-6(17(21)22)4-8(7)12(19)20/h2-4H,1H3,(H,19,20)(H,15,16,18). The van der Waals surface area contributed by atoms with Gasteiger partial charge in [-0.15, -0.1) is 0 Å². The number of non-ortho nitro benzene ring substituents is 1. The molecule has 2 aromatic rings. The molecule has 2 rings (SSSR count). The van der Waals surface area contributed by atoms with Gasteiger partial charge in [0.25, 0.3) is 11.2 Å². The highest BCUT2D eigenvalue weighted by Gasteiger charge is 2.22. The van der Waals surface area contributed by atoms with Gasteiger partial charge in [0.05, 0.1) is 16.2 Å². The lowest BCUT2D eigenvalue weighted by atomic mass is 10.0. The van der Waals surface area contributed by atoms with Crippen molar-refractivity contribution in [3.63, 3.8) is 0 Å². The maximum absolute atomic E-state index is 11.9. The van der Waals surface area contributed by atoms with Crippen LogP contribution in [-0.4, -0.2) is 32.2 Å². The molecule has 1 aromatic carbocycles.